The summed E-state index contributed by atoms with van der Waals surface area (Å²) in [4.78, 5) is 21.3. The number of carboxylic acid groups (broad SMARTS) is 1. The summed E-state index contributed by atoms with van der Waals surface area (Å²) in [5.41, 5.74) is 2.25. The molecule has 0 amide bonds. The Balaban J connectivity index is 0.000000370. The fourth-order valence-electron chi connectivity index (χ4n) is 3.55. The van der Waals surface area contributed by atoms with Crippen molar-refractivity contribution >= 4 is 11.8 Å². The van der Waals surface area contributed by atoms with Gasteiger partial charge in [0.05, 0.1) is 6.10 Å². The van der Waals surface area contributed by atoms with Crippen molar-refractivity contribution in [3.8, 4) is 0 Å². The van der Waals surface area contributed by atoms with Crippen LogP contribution in [0.5, 0.6) is 0 Å². The molecule has 1 saturated carbocycles. The van der Waals surface area contributed by atoms with Crippen LogP contribution in [0.15, 0.2) is 24.3 Å². The molecule has 1 aliphatic carbocycles. The Kier molecular flexibility index (Phi) is 12.5. The molecule has 0 unspecified atom stereocenters. The number of aliphatic hydroxyl groups is 1. The van der Waals surface area contributed by atoms with Crippen molar-refractivity contribution in [2.75, 3.05) is 0 Å². The number of carbonyl (C=O) groups excluding carboxylic acids is 1. The normalized spacial score (nSPS) is 17.1. The maximum absolute atomic E-state index is 11.3. The maximum Gasteiger partial charge on any atom is 0.303 e. The van der Waals surface area contributed by atoms with E-state index in [1.54, 1.807) is 0 Å². The highest BCUT2D eigenvalue weighted by atomic mass is 16.4. The molecule has 0 saturated heterocycles. The number of ketones is 1. The summed E-state index contributed by atoms with van der Waals surface area (Å²) in [6, 6.07) is 8.22. The van der Waals surface area contributed by atoms with Gasteiger partial charge < -0.3 is 10.2 Å². The Morgan fingerprint density at radius 1 is 1.04 bits per heavy atom. The number of hydrogen-bond acceptors (Lipinski definition) is 3. The molecular weight excluding hydrogens is 352 g/mol. The zero-order valence-electron chi connectivity index (χ0n) is 17.7. The van der Waals surface area contributed by atoms with Crippen LogP contribution in [0.3, 0.4) is 0 Å². The van der Waals surface area contributed by atoms with Gasteiger partial charge in [0.1, 0.15) is 5.78 Å². The third-order valence-corrected chi connectivity index (χ3v) is 5.36. The van der Waals surface area contributed by atoms with Gasteiger partial charge >= 0.3 is 5.97 Å². The summed E-state index contributed by atoms with van der Waals surface area (Å²) in [6.45, 7) is 4.28. The quantitative estimate of drug-likeness (QED) is 0.443. The van der Waals surface area contributed by atoms with Crippen LogP contribution in [0, 0.1) is 0 Å². The lowest BCUT2D eigenvalue weighted by Gasteiger charge is -2.13. The van der Waals surface area contributed by atoms with Gasteiger partial charge in [0.25, 0.3) is 0 Å². The molecule has 1 aliphatic rings. The molecule has 2 atom stereocenters. The van der Waals surface area contributed by atoms with Gasteiger partial charge in [0.15, 0.2) is 0 Å². The van der Waals surface area contributed by atoms with Crippen molar-refractivity contribution in [3.63, 3.8) is 0 Å². The molecule has 1 aromatic rings. The van der Waals surface area contributed by atoms with E-state index in [2.05, 4.69) is 26.0 Å². The molecule has 0 spiro atoms. The van der Waals surface area contributed by atoms with Crippen LogP contribution in [-0.4, -0.2) is 22.0 Å². The number of carbonyl (C=O) groups is 2. The lowest BCUT2D eigenvalue weighted by molar-refractivity contribution is -0.137. The van der Waals surface area contributed by atoms with Crippen molar-refractivity contribution in [2.24, 2.45) is 0 Å². The highest BCUT2D eigenvalue weighted by molar-refractivity contribution is 5.81. The molecular formula is C24H38O4. The van der Waals surface area contributed by atoms with Crippen molar-refractivity contribution in [1.82, 2.24) is 0 Å². The third-order valence-electron chi connectivity index (χ3n) is 5.36. The number of aliphatic carboxylic acids is 1. The first kappa shape index (κ1) is 24.4. The molecule has 0 aliphatic heterocycles. The molecule has 0 radical (unpaired) electrons. The van der Waals surface area contributed by atoms with Gasteiger partial charge in [-0.2, -0.15) is 0 Å². The topological polar surface area (TPSA) is 74.6 Å². The smallest absolute Gasteiger partial charge is 0.303 e. The Hall–Kier alpha value is -1.68. The first-order valence-electron chi connectivity index (χ1n) is 11.0. The van der Waals surface area contributed by atoms with Crippen LogP contribution in [0.4, 0.5) is 0 Å². The predicted molar refractivity (Wildman–Crippen MR) is 114 cm³/mol. The fraction of sp³-hybridized carbons (Fsp3) is 0.667. The first-order chi connectivity index (χ1) is 13.5. The largest absolute Gasteiger partial charge is 0.481 e. The first-order valence-corrected chi connectivity index (χ1v) is 11.0. The zero-order valence-corrected chi connectivity index (χ0v) is 17.7. The standard InChI is InChI=1S/C17H24O2.C7H14O2/c1-2-3-4-5-17(19)14-8-6-13(7-9-14)15-10-11-16(18)12-15;1-2-3-4-5-6-7(8)9/h6-9,15,17,19H,2-5,10-12H2,1H3;2-6H2,1H3,(H,8,9)/t15-,17-;/m1./s1. The number of Topliss-reactive ketones (excluding diaryl/α,β-unsaturated/α-hetero) is 1. The van der Waals surface area contributed by atoms with Gasteiger partial charge in [-0.15, -0.1) is 0 Å². The van der Waals surface area contributed by atoms with Crippen LogP contribution in [0.25, 0.3) is 0 Å². The second-order valence-corrected chi connectivity index (χ2v) is 7.86. The Labute approximate surface area is 170 Å². The van der Waals surface area contributed by atoms with Crippen molar-refractivity contribution in [1.29, 1.82) is 0 Å². The molecule has 0 heterocycles. The van der Waals surface area contributed by atoms with E-state index in [1.165, 1.54) is 24.8 Å². The van der Waals surface area contributed by atoms with Gasteiger partial charge in [-0.25, -0.2) is 0 Å². The van der Waals surface area contributed by atoms with E-state index in [1.807, 2.05) is 12.1 Å². The molecule has 1 fully saturated rings. The van der Waals surface area contributed by atoms with E-state index in [9.17, 15) is 14.7 Å². The average Bonchev–Trinajstić information content (AvgIpc) is 3.12. The van der Waals surface area contributed by atoms with Crippen LogP contribution in [0.1, 0.15) is 114 Å². The minimum absolute atomic E-state index is 0.333. The molecule has 158 valence electrons. The average molecular weight is 391 g/mol. The van der Waals surface area contributed by atoms with E-state index in [-0.39, 0.29) is 6.10 Å². The molecule has 4 nitrogen and oxygen atoms in total. The second-order valence-electron chi connectivity index (χ2n) is 7.86. The zero-order chi connectivity index (χ0) is 20.8. The molecule has 0 bridgehead atoms. The van der Waals surface area contributed by atoms with E-state index in [0.717, 1.165) is 50.5 Å². The lowest BCUT2D eigenvalue weighted by Crippen LogP contribution is -1.99. The lowest BCUT2D eigenvalue weighted by atomic mass is 9.95. The van der Waals surface area contributed by atoms with Crippen molar-refractivity contribution < 1.29 is 19.8 Å². The van der Waals surface area contributed by atoms with E-state index in [4.69, 9.17) is 5.11 Å². The maximum atomic E-state index is 11.3. The van der Waals surface area contributed by atoms with Crippen molar-refractivity contribution in [2.45, 2.75) is 103 Å². The second kappa shape index (κ2) is 14.3. The highest BCUT2D eigenvalue weighted by Gasteiger charge is 2.23. The Morgan fingerprint density at radius 3 is 2.21 bits per heavy atom. The summed E-state index contributed by atoms with van der Waals surface area (Å²) < 4.78 is 0. The number of benzene rings is 1. The van der Waals surface area contributed by atoms with E-state index >= 15 is 0 Å². The summed E-state index contributed by atoms with van der Waals surface area (Å²) in [5.74, 6) is 0.110. The van der Waals surface area contributed by atoms with Crippen LogP contribution >= 0.6 is 0 Å². The highest BCUT2D eigenvalue weighted by Crippen LogP contribution is 2.32. The Morgan fingerprint density at radius 2 is 1.68 bits per heavy atom. The number of aliphatic hydroxyl groups excluding tert-OH is 1. The monoisotopic (exact) mass is 390 g/mol. The molecule has 0 aromatic heterocycles. The summed E-state index contributed by atoms with van der Waals surface area (Å²) in [6.07, 6.45) is 10.9. The predicted octanol–water partition coefficient (Wildman–Crippen LogP) is 6.18. The number of rotatable bonds is 11. The van der Waals surface area contributed by atoms with E-state index in [0.29, 0.717) is 24.5 Å². The van der Waals surface area contributed by atoms with Gasteiger partial charge in [0, 0.05) is 19.3 Å². The third kappa shape index (κ3) is 10.0. The minimum atomic E-state index is -0.675. The number of unbranched alkanes of at least 4 members (excludes halogenated alkanes) is 5. The van der Waals surface area contributed by atoms with Gasteiger partial charge in [0.2, 0.25) is 0 Å². The molecule has 2 rings (SSSR count). The molecule has 28 heavy (non-hydrogen) atoms. The molecule has 4 heteroatoms. The van der Waals surface area contributed by atoms with Crippen LogP contribution in [-0.2, 0) is 9.59 Å². The van der Waals surface area contributed by atoms with Gasteiger partial charge in [-0.3, -0.25) is 9.59 Å². The van der Waals surface area contributed by atoms with Gasteiger partial charge in [-0.05, 0) is 36.3 Å². The summed E-state index contributed by atoms with van der Waals surface area (Å²) in [7, 11) is 0. The summed E-state index contributed by atoms with van der Waals surface area (Å²) in [5, 5.41) is 18.3. The number of hydrogen-bond donors (Lipinski definition) is 2. The SMILES string of the molecule is CCCCCCC(=O)O.CCCCC[C@@H](O)c1ccc([C@@H]2CCC(=O)C2)cc1. The molecule has 1 aromatic carbocycles. The van der Waals surface area contributed by atoms with E-state index < -0.39 is 5.97 Å². The number of carboxylic acids is 1. The summed E-state index contributed by atoms with van der Waals surface area (Å²) >= 11 is 0. The van der Waals surface area contributed by atoms with Crippen LogP contribution < -0.4 is 0 Å². The van der Waals surface area contributed by atoms with Crippen LogP contribution in [0.2, 0.25) is 0 Å². The Bertz CT molecular complexity index is 564. The van der Waals surface area contributed by atoms with Crippen molar-refractivity contribution in [3.05, 3.63) is 35.4 Å². The molecule has 2 N–H and O–H groups in total. The fourth-order valence-corrected chi connectivity index (χ4v) is 3.55. The minimum Gasteiger partial charge on any atom is -0.481 e. The van der Waals surface area contributed by atoms with Gasteiger partial charge in [-0.1, -0.05) is 76.6 Å².